The second-order valence-corrected chi connectivity index (χ2v) is 4.27. The summed E-state index contributed by atoms with van der Waals surface area (Å²) in [5, 5.41) is 6.71. The molecule has 0 saturated heterocycles. The number of rotatable bonds is 4. The van der Waals surface area contributed by atoms with Crippen LogP contribution < -0.4 is 4.89 Å². The molecule has 0 aliphatic heterocycles. The van der Waals surface area contributed by atoms with Gasteiger partial charge < -0.3 is 0 Å². The van der Waals surface area contributed by atoms with Crippen LogP contribution in [0.4, 0.5) is 13.2 Å². The Morgan fingerprint density at radius 1 is 1.57 bits per heavy atom. The number of halogens is 3. The highest BCUT2D eigenvalue weighted by Gasteiger charge is 2.29. The van der Waals surface area contributed by atoms with Gasteiger partial charge in [0.05, 0.1) is 6.07 Å². The van der Waals surface area contributed by atoms with Crippen molar-refractivity contribution in [1.82, 2.24) is 4.89 Å². The fourth-order valence-electron chi connectivity index (χ4n) is 0.335. The van der Waals surface area contributed by atoms with E-state index in [1.165, 1.54) is 11.0 Å². The van der Waals surface area contributed by atoms with Crippen LogP contribution in [-0.4, -0.2) is 26.5 Å². The Kier molecular flexibility index (Phi) is 4.31. The molecule has 0 saturated carbocycles. The van der Waals surface area contributed by atoms with Gasteiger partial charge in [-0.2, -0.15) is 18.4 Å². The fraction of sp³-hybridized carbons (Fsp3) is 0.800. The minimum absolute atomic E-state index is 1.01. The number of alkyl halides is 3. The van der Waals surface area contributed by atoms with Gasteiger partial charge in [0.15, 0.2) is 11.9 Å². The van der Waals surface area contributed by atoms with E-state index in [-0.39, 0.29) is 0 Å². The van der Waals surface area contributed by atoms with E-state index in [0.717, 1.165) is 6.92 Å². The van der Waals surface area contributed by atoms with E-state index in [2.05, 4.69) is 4.84 Å². The van der Waals surface area contributed by atoms with Crippen molar-refractivity contribution in [3.63, 3.8) is 0 Å². The van der Waals surface area contributed by atoms with Crippen LogP contribution in [0, 0.1) is 11.3 Å². The molecule has 0 heterocycles. The van der Waals surface area contributed by atoms with Crippen molar-refractivity contribution in [3.8, 4) is 6.07 Å². The predicted octanol–water partition coefficient (Wildman–Crippen LogP) is 0.312. The van der Waals surface area contributed by atoms with Gasteiger partial charge in [-0.25, -0.2) is 8.42 Å². The fourth-order valence-corrected chi connectivity index (χ4v) is 0.841. The van der Waals surface area contributed by atoms with E-state index in [0.29, 0.717) is 0 Å². The zero-order valence-corrected chi connectivity index (χ0v) is 7.82. The molecule has 0 aromatic heterocycles. The van der Waals surface area contributed by atoms with Gasteiger partial charge in [0.25, 0.3) is 0 Å². The smallest absolute Gasteiger partial charge is 0.278 e. The van der Waals surface area contributed by atoms with E-state index in [4.69, 9.17) is 5.26 Å². The molecule has 1 unspecified atom stereocenters. The Bertz CT molecular complexity index is 318. The van der Waals surface area contributed by atoms with E-state index < -0.39 is 28.1 Å². The van der Waals surface area contributed by atoms with Crippen LogP contribution >= 0.6 is 0 Å². The van der Waals surface area contributed by atoms with Gasteiger partial charge in [0.1, 0.15) is 0 Å². The third-order valence-electron chi connectivity index (χ3n) is 1.06. The molecule has 0 bridgehead atoms. The number of sulfonamides is 1. The second kappa shape index (κ2) is 4.59. The van der Waals surface area contributed by atoms with Crippen LogP contribution in [0.25, 0.3) is 0 Å². The van der Waals surface area contributed by atoms with Crippen LogP contribution in [0.3, 0.4) is 0 Å². The lowest BCUT2D eigenvalue weighted by Gasteiger charge is -2.09. The molecule has 0 rings (SSSR count). The lowest BCUT2D eigenvalue weighted by Crippen LogP contribution is -2.34. The van der Waals surface area contributed by atoms with Crippen molar-refractivity contribution in [3.05, 3.63) is 0 Å². The number of hydrogen-bond acceptors (Lipinski definition) is 4. The Morgan fingerprint density at radius 3 is 2.43 bits per heavy atom. The Morgan fingerprint density at radius 2 is 2.07 bits per heavy atom. The van der Waals surface area contributed by atoms with E-state index in [1.54, 1.807) is 0 Å². The first-order valence-corrected chi connectivity index (χ1v) is 4.82. The molecule has 0 aromatic rings. The highest BCUT2D eigenvalue weighted by molar-refractivity contribution is 7.90. The molecule has 0 radical (unpaired) electrons. The number of nitrogens with zero attached hydrogens (tertiary/aromatic N) is 1. The van der Waals surface area contributed by atoms with E-state index in [9.17, 15) is 21.6 Å². The van der Waals surface area contributed by atoms with Crippen molar-refractivity contribution in [1.29, 1.82) is 5.26 Å². The largest absolute Gasteiger partial charge is 0.413 e. The molecule has 5 nitrogen and oxygen atoms in total. The van der Waals surface area contributed by atoms with Gasteiger partial charge in [-0.3, -0.25) is 4.84 Å². The molecule has 0 amide bonds. The summed E-state index contributed by atoms with van der Waals surface area (Å²) in [5.74, 6) is 0. The first-order chi connectivity index (χ1) is 6.19. The lowest BCUT2D eigenvalue weighted by molar-refractivity contribution is -0.181. The summed E-state index contributed by atoms with van der Waals surface area (Å²) in [6.45, 7) is -0.732. The summed E-state index contributed by atoms with van der Waals surface area (Å²) in [7, 11) is -4.17. The quantitative estimate of drug-likeness (QED) is 0.707. The molecule has 82 valence electrons. The SMILES string of the molecule is CC(C#N)S(=O)(=O)NOCC(F)(F)F. The highest BCUT2D eigenvalue weighted by atomic mass is 32.2. The van der Waals surface area contributed by atoms with Crippen LogP contribution in [0.15, 0.2) is 0 Å². The van der Waals surface area contributed by atoms with Crippen molar-refractivity contribution in [2.75, 3.05) is 6.61 Å². The molecule has 0 aliphatic rings. The zero-order chi connectivity index (χ0) is 11.4. The number of hydrogen-bond donors (Lipinski definition) is 1. The van der Waals surface area contributed by atoms with Gasteiger partial charge in [0.2, 0.25) is 10.0 Å². The van der Waals surface area contributed by atoms with E-state index in [1.807, 2.05) is 0 Å². The van der Waals surface area contributed by atoms with Crippen molar-refractivity contribution >= 4 is 10.0 Å². The molecule has 1 N–H and O–H groups in total. The van der Waals surface area contributed by atoms with E-state index >= 15 is 0 Å². The Hall–Kier alpha value is -0.850. The average Bonchev–Trinajstić information content (AvgIpc) is 2.00. The van der Waals surface area contributed by atoms with Crippen LogP contribution in [0.2, 0.25) is 0 Å². The van der Waals surface area contributed by atoms with Crippen LogP contribution in [-0.2, 0) is 14.9 Å². The van der Waals surface area contributed by atoms with Gasteiger partial charge in [-0.05, 0) is 6.92 Å². The maximum absolute atomic E-state index is 11.5. The molecule has 0 aliphatic carbocycles. The topological polar surface area (TPSA) is 79.2 Å². The third kappa shape index (κ3) is 5.00. The van der Waals surface area contributed by atoms with Crippen LogP contribution in [0.1, 0.15) is 6.92 Å². The summed E-state index contributed by atoms with van der Waals surface area (Å²) < 4.78 is 56.1. The van der Waals surface area contributed by atoms with Crippen molar-refractivity contribution in [2.24, 2.45) is 0 Å². The minimum Gasteiger partial charge on any atom is -0.278 e. The maximum Gasteiger partial charge on any atom is 0.413 e. The molecule has 0 spiro atoms. The van der Waals surface area contributed by atoms with Gasteiger partial charge in [-0.1, -0.05) is 4.89 Å². The predicted molar refractivity (Wildman–Crippen MR) is 39.1 cm³/mol. The van der Waals surface area contributed by atoms with Gasteiger partial charge in [0, 0.05) is 0 Å². The maximum atomic E-state index is 11.5. The van der Waals surface area contributed by atoms with Gasteiger partial charge >= 0.3 is 6.18 Å². The Balaban J connectivity index is 4.11. The molecular weight excluding hydrogens is 225 g/mol. The zero-order valence-electron chi connectivity index (χ0n) is 7.00. The third-order valence-corrected chi connectivity index (χ3v) is 2.44. The molecule has 0 aromatic carbocycles. The van der Waals surface area contributed by atoms with Crippen molar-refractivity contribution < 1.29 is 26.4 Å². The molecule has 14 heavy (non-hydrogen) atoms. The first kappa shape index (κ1) is 13.2. The minimum atomic E-state index is -4.63. The van der Waals surface area contributed by atoms with Gasteiger partial charge in [-0.15, -0.1) is 0 Å². The van der Waals surface area contributed by atoms with Crippen LogP contribution in [0.5, 0.6) is 0 Å². The Labute approximate surface area is 78.5 Å². The molecule has 1 atom stereocenters. The summed E-state index contributed by atoms with van der Waals surface area (Å²) in [5.41, 5.74) is 0. The van der Waals surface area contributed by atoms with Crippen molar-refractivity contribution in [2.45, 2.75) is 18.3 Å². The molecule has 9 heteroatoms. The number of nitriles is 1. The second-order valence-electron chi connectivity index (χ2n) is 2.30. The summed E-state index contributed by atoms with van der Waals surface area (Å²) >= 11 is 0. The summed E-state index contributed by atoms with van der Waals surface area (Å²) in [6.07, 6.45) is -4.63. The highest BCUT2D eigenvalue weighted by Crippen LogP contribution is 2.13. The average molecular weight is 232 g/mol. The standard InChI is InChI=1S/C5H7F3N2O3S/c1-4(2-9)14(11,12)10-13-3-5(6,7)8/h4,10H,3H2,1H3. The lowest BCUT2D eigenvalue weighted by atomic mass is 10.5. The molecular formula is C5H7F3N2O3S. The number of nitrogens with one attached hydrogen (secondary N) is 1. The monoisotopic (exact) mass is 232 g/mol. The normalized spacial score (nSPS) is 14.8. The molecule has 0 fully saturated rings. The summed E-state index contributed by atoms with van der Waals surface area (Å²) in [6, 6.07) is 1.34. The first-order valence-electron chi connectivity index (χ1n) is 3.28. The summed E-state index contributed by atoms with van der Waals surface area (Å²) in [4.78, 5) is 4.87.